The lowest BCUT2D eigenvalue weighted by Gasteiger charge is -2.20. The molecule has 1 unspecified atom stereocenters. The Hall–Kier alpha value is -1.89. The van der Waals surface area contributed by atoms with E-state index in [4.69, 9.17) is 4.74 Å². The molecule has 0 aliphatic heterocycles. The molecule has 0 aliphatic rings. The lowest BCUT2D eigenvalue weighted by Crippen LogP contribution is -2.32. The van der Waals surface area contributed by atoms with Crippen molar-refractivity contribution >= 4 is 22.2 Å². The molecule has 0 amide bonds. The van der Waals surface area contributed by atoms with Crippen molar-refractivity contribution in [1.29, 1.82) is 0 Å². The number of nitrogens with one attached hydrogen (secondary N) is 1. The van der Waals surface area contributed by atoms with Crippen LogP contribution in [0.1, 0.15) is 10.7 Å². The maximum atomic E-state index is 10.2. The Morgan fingerprint density at radius 3 is 3.04 bits per heavy atom. The Balaban J connectivity index is 1.51. The monoisotopic (exact) mass is 331 g/mol. The number of rotatable bonds is 7. The lowest BCUT2D eigenvalue weighted by atomic mass is 10.2. The van der Waals surface area contributed by atoms with Crippen LogP contribution in [0.2, 0.25) is 0 Å². The van der Waals surface area contributed by atoms with Gasteiger partial charge in [-0.15, -0.1) is 11.3 Å². The fourth-order valence-corrected chi connectivity index (χ4v) is 3.21. The number of hydrogen-bond donors (Lipinski definition) is 2. The van der Waals surface area contributed by atoms with Crippen LogP contribution in [-0.4, -0.2) is 46.3 Å². The molecule has 0 saturated heterocycles. The third-order valence-electron chi connectivity index (χ3n) is 3.61. The third kappa shape index (κ3) is 4.10. The summed E-state index contributed by atoms with van der Waals surface area (Å²) in [5.74, 6) is 0.792. The lowest BCUT2D eigenvalue weighted by molar-refractivity contribution is 0.0747. The first kappa shape index (κ1) is 16.0. The number of ether oxygens (including phenoxy) is 1. The van der Waals surface area contributed by atoms with Crippen molar-refractivity contribution in [2.24, 2.45) is 0 Å². The molecule has 0 aliphatic carbocycles. The quantitative estimate of drug-likeness (QED) is 0.699. The Morgan fingerprint density at radius 1 is 1.39 bits per heavy atom. The number of aromatic nitrogens is 2. The Bertz CT molecular complexity index is 768. The van der Waals surface area contributed by atoms with E-state index >= 15 is 0 Å². The van der Waals surface area contributed by atoms with Gasteiger partial charge in [0.2, 0.25) is 0 Å². The highest BCUT2D eigenvalue weighted by Gasteiger charge is 2.12. The molecule has 2 heterocycles. The SMILES string of the molecule is Cc1nc(CN(C)CC(O)COc2cccc3[nH]ccc23)cs1. The summed E-state index contributed by atoms with van der Waals surface area (Å²) >= 11 is 1.65. The molecule has 0 bridgehead atoms. The number of nitrogens with zero attached hydrogens (tertiary/aromatic N) is 2. The first-order valence-corrected chi connectivity index (χ1v) is 8.46. The minimum atomic E-state index is -0.547. The average molecular weight is 331 g/mol. The summed E-state index contributed by atoms with van der Waals surface area (Å²) in [6.45, 7) is 3.54. The van der Waals surface area contributed by atoms with E-state index < -0.39 is 6.10 Å². The number of aliphatic hydroxyl groups excluding tert-OH is 1. The number of aryl methyl sites for hydroxylation is 1. The maximum absolute atomic E-state index is 10.2. The number of H-pyrrole nitrogens is 1. The van der Waals surface area contributed by atoms with Gasteiger partial charge in [0.25, 0.3) is 0 Å². The van der Waals surface area contributed by atoms with Crippen LogP contribution in [0.5, 0.6) is 5.75 Å². The van der Waals surface area contributed by atoms with Gasteiger partial charge in [-0.1, -0.05) is 6.07 Å². The molecule has 122 valence electrons. The van der Waals surface area contributed by atoms with Crippen LogP contribution in [0.25, 0.3) is 10.9 Å². The minimum absolute atomic E-state index is 0.269. The summed E-state index contributed by atoms with van der Waals surface area (Å²) in [5.41, 5.74) is 2.08. The van der Waals surface area contributed by atoms with Crippen molar-refractivity contribution < 1.29 is 9.84 Å². The van der Waals surface area contributed by atoms with Gasteiger partial charge in [-0.25, -0.2) is 4.98 Å². The standard InChI is InChI=1S/C17H21N3O2S/c1-12-19-13(11-23-12)8-20(2)9-14(21)10-22-17-5-3-4-16-15(17)6-7-18-16/h3-7,11,14,18,21H,8-10H2,1-2H3. The van der Waals surface area contributed by atoms with Gasteiger partial charge in [0.05, 0.1) is 10.7 Å². The molecule has 1 aromatic carbocycles. The summed E-state index contributed by atoms with van der Waals surface area (Å²) in [4.78, 5) is 9.65. The normalized spacial score (nSPS) is 12.9. The Kier molecular flexibility index (Phi) is 4.95. The van der Waals surface area contributed by atoms with Crippen molar-refractivity contribution in [3.8, 4) is 5.75 Å². The molecule has 6 heteroatoms. The second kappa shape index (κ2) is 7.12. The van der Waals surface area contributed by atoms with Gasteiger partial charge >= 0.3 is 0 Å². The number of thiazole rings is 1. The first-order valence-electron chi connectivity index (χ1n) is 7.58. The molecule has 2 N–H and O–H groups in total. The molecular formula is C17H21N3O2S. The van der Waals surface area contributed by atoms with Crippen molar-refractivity contribution in [3.63, 3.8) is 0 Å². The van der Waals surface area contributed by atoms with E-state index in [1.54, 1.807) is 11.3 Å². The topological polar surface area (TPSA) is 61.4 Å². The van der Waals surface area contributed by atoms with Gasteiger partial charge in [0, 0.05) is 35.6 Å². The van der Waals surface area contributed by atoms with Gasteiger partial charge in [-0.3, -0.25) is 4.90 Å². The zero-order valence-corrected chi connectivity index (χ0v) is 14.1. The first-order chi connectivity index (χ1) is 11.1. The van der Waals surface area contributed by atoms with Crippen LogP contribution in [0.3, 0.4) is 0 Å². The highest BCUT2D eigenvalue weighted by atomic mass is 32.1. The molecule has 5 nitrogen and oxygen atoms in total. The van der Waals surface area contributed by atoms with Crippen molar-refractivity contribution in [1.82, 2.24) is 14.9 Å². The number of aromatic amines is 1. The van der Waals surface area contributed by atoms with Crippen molar-refractivity contribution in [3.05, 3.63) is 46.5 Å². The van der Waals surface area contributed by atoms with Crippen LogP contribution in [0.4, 0.5) is 0 Å². The van der Waals surface area contributed by atoms with Crippen LogP contribution < -0.4 is 4.74 Å². The highest BCUT2D eigenvalue weighted by Crippen LogP contribution is 2.24. The van der Waals surface area contributed by atoms with Crippen LogP contribution in [0.15, 0.2) is 35.8 Å². The minimum Gasteiger partial charge on any atom is -0.490 e. The molecule has 0 fully saturated rings. The Morgan fingerprint density at radius 2 is 2.26 bits per heavy atom. The summed E-state index contributed by atoms with van der Waals surface area (Å²) < 4.78 is 5.78. The van der Waals surface area contributed by atoms with E-state index in [2.05, 4.69) is 20.2 Å². The molecule has 0 spiro atoms. The van der Waals surface area contributed by atoms with E-state index in [1.807, 2.05) is 44.4 Å². The van der Waals surface area contributed by atoms with Gasteiger partial charge in [0.15, 0.2) is 0 Å². The number of likely N-dealkylation sites (N-methyl/N-ethyl adjacent to an activating group) is 1. The molecule has 0 saturated carbocycles. The largest absolute Gasteiger partial charge is 0.490 e. The van der Waals surface area contributed by atoms with E-state index in [0.29, 0.717) is 6.54 Å². The number of hydrogen-bond acceptors (Lipinski definition) is 5. The van der Waals surface area contributed by atoms with E-state index in [0.717, 1.165) is 33.9 Å². The molecule has 0 radical (unpaired) electrons. The molecule has 2 aromatic heterocycles. The molecule has 1 atom stereocenters. The van der Waals surface area contributed by atoms with Gasteiger partial charge < -0.3 is 14.8 Å². The second-order valence-corrected chi connectivity index (χ2v) is 6.78. The summed E-state index contributed by atoms with van der Waals surface area (Å²) in [6.07, 6.45) is 1.34. The molecular weight excluding hydrogens is 310 g/mol. The van der Waals surface area contributed by atoms with Crippen LogP contribution in [-0.2, 0) is 6.54 Å². The van der Waals surface area contributed by atoms with E-state index in [-0.39, 0.29) is 6.61 Å². The second-order valence-electron chi connectivity index (χ2n) is 5.71. The summed E-state index contributed by atoms with van der Waals surface area (Å²) in [7, 11) is 1.98. The van der Waals surface area contributed by atoms with Crippen LogP contribution in [0, 0.1) is 6.92 Å². The van der Waals surface area contributed by atoms with Gasteiger partial charge in [-0.05, 0) is 32.2 Å². The number of fused-ring (bicyclic) bond motifs is 1. The fourth-order valence-electron chi connectivity index (χ4n) is 2.60. The predicted molar refractivity (Wildman–Crippen MR) is 93.0 cm³/mol. The van der Waals surface area contributed by atoms with Crippen LogP contribution >= 0.6 is 11.3 Å². The van der Waals surface area contributed by atoms with Gasteiger partial charge in [0.1, 0.15) is 18.5 Å². The zero-order chi connectivity index (χ0) is 16.2. The van der Waals surface area contributed by atoms with E-state index in [9.17, 15) is 5.11 Å². The molecule has 23 heavy (non-hydrogen) atoms. The predicted octanol–water partition coefficient (Wildman–Crippen LogP) is 2.80. The summed E-state index contributed by atoms with van der Waals surface area (Å²) in [5, 5.41) is 14.4. The molecule has 3 rings (SSSR count). The third-order valence-corrected chi connectivity index (χ3v) is 4.43. The van der Waals surface area contributed by atoms with Crippen molar-refractivity contribution in [2.45, 2.75) is 19.6 Å². The maximum Gasteiger partial charge on any atom is 0.128 e. The highest BCUT2D eigenvalue weighted by molar-refractivity contribution is 7.09. The zero-order valence-electron chi connectivity index (χ0n) is 13.3. The smallest absolute Gasteiger partial charge is 0.128 e. The average Bonchev–Trinajstić information content (AvgIpc) is 3.14. The fraction of sp³-hybridized carbons (Fsp3) is 0.353. The number of aliphatic hydroxyl groups is 1. The van der Waals surface area contributed by atoms with Crippen molar-refractivity contribution in [2.75, 3.05) is 20.2 Å². The summed E-state index contributed by atoms with van der Waals surface area (Å²) in [6, 6.07) is 7.85. The molecule has 3 aromatic rings. The van der Waals surface area contributed by atoms with E-state index in [1.165, 1.54) is 0 Å². The number of benzene rings is 1. The van der Waals surface area contributed by atoms with Gasteiger partial charge in [-0.2, -0.15) is 0 Å². The Labute approximate surface area is 139 Å².